The van der Waals surface area contributed by atoms with Gasteiger partial charge in [0.05, 0.1) is 12.8 Å². The number of amides is 1. The Balaban J connectivity index is 2.53. The second kappa shape index (κ2) is 6.17. The second-order valence-corrected chi connectivity index (χ2v) is 4.41. The van der Waals surface area contributed by atoms with E-state index in [1.165, 1.54) is 32.2 Å². The van der Waals surface area contributed by atoms with Gasteiger partial charge in [-0.25, -0.2) is 9.18 Å². The van der Waals surface area contributed by atoms with Crippen LogP contribution in [0.2, 0.25) is 0 Å². The van der Waals surface area contributed by atoms with E-state index in [0.29, 0.717) is 16.8 Å². The number of rotatable bonds is 3. The van der Waals surface area contributed by atoms with Gasteiger partial charge in [-0.3, -0.25) is 10.1 Å². The molecule has 5 heteroatoms. The van der Waals surface area contributed by atoms with Crippen LogP contribution in [0, 0.1) is 5.82 Å². The maximum absolute atomic E-state index is 14.1. The summed E-state index contributed by atoms with van der Waals surface area (Å²) in [5, 5.41) is 2.52. The molecular formula is C16H14FNO3. The summed E-state index contributed by atoms with van der Waals surface area (Å²) in [6.45, 7) is 1.41. The summed E-state index contributed by atoms with van der Waals surface area (Å²) < 4.78 is 18.6. The van der Waals surface area contributed by atoms with Crippen molar-refractivity contribution >= 4 is 17.6 Å². The third-order valence-electron chi connectivity index (χ3n) is 3.01. The minimum absolute atomic E-state index is 0.158. The number of ketones is 1. The number of Topliss-reactive ketones (excluding diaryl/α,β-unsaturated/α-hetero) is 1. The van der Waals surface area contributed by atoms with Gasteiger partial charge in [-0.2, -0.15) is 0 Å². The molecule has 0 saturated heterocycles. The molecule has 4 nitrogen and oxygen atoms in total. The van der Waals surface area contributed by atoms with Crippen LogP contribution in [0.25, 0.3) is 11.1 Å². The maximum atomic E-state index is 14.1. The van der Waals surface area contributed by atoms with E-state index in [9.17, 15) is 14.0 Å². The first kappa shape index (κ1) is 14.7. The molecule has 0 fully saturated rings. The summed E-state index contributed by atoms with van der Waals surface area (Å²) >= 11 is 0. The minimum Gasteiger partial charge on any atom is -0.453 e. The van der Waals surface area contributed by atoms with Crippen LogP contribution in [0.3, 0.4) is 0 Å². The van der Waals surface area contributed by atoms with Crippen molar-refractivity contribution in [1.82, 2.24) is 0 Å². The van der Waals surface area contributed by atoms with E-state index in [-0.39, 0.29) is 11.3 Å². The summed E-state index contributed by atoms with van der Waals surface area (Å²) in [6.07, 6.45) is -0.648. The first-order valence-electron chi connectivity index (χ1n) is 6.27. The third-order valence-corrected chi connectivity index (χ3v) is 3.01. The average molecular weight is 287 g/mol. The van der Waals surface area contributed by atoms with E-state index in [1.807, 2.05) is 0 Å². The lowest BCUT2D eigenvalue weighted by molar-refractivity contribution is 0.101. The summed E-state index contributed by atoms with van der Waals surface area (Å²) in [6, 6.07) is 10.9. The first-order chi connectivity index (χ1) is 10.0. The number of nitrogens with one attached hydrogen (secondary N) is 1. The normalized spacial score (nSPS) is 10.0. The molecule has 0 heterocycles. The molecule has 0 aliphatic heterocycles. The lowest BCUT2D eigenvalue weighted by Gasteiger charge is -2.12. The van der Waals surface area contributed by atoms with Crippen LogP contribution in [0.15, 0.2) is 42.5 Å². The molecule has 0 aromatic heterocycles. The molecule has 21 heavy (non-hydrogen) atoms. The Morgan fingerprint density at radius 3 is 2.48 bits per heavy atom. The van der Waals surface area contributed by atoms with Crippen molar-refractivity contribution < 1.29 is 18.7 Å². The number of benzene rings is 2. The molecule has 0 aliphatic carbocycles. The van der Waals surface area contributed by atoms with Gasteiger partial charge in [0.15, 0.2) is 5.78 Å². The third kappa shape index (κ3) is 3.25. The van der Waals surface area contributed by atoms with Crippen LogP contribution in [-0.2, 0) is 4.74 Å². The lowest BCUT2D eigenvalue weighted by atomic mass is 9.99. The highest BCUT2D eigenvalue weighted by molar-refractivity contribution is 5.97. The van der Waals surface area contributed by atoms with E-state index < -0.39 is 11.9 Å². The molecule has 0 radical (unpaired) electrons. The van der Waals surface area contributed by atoms with Crippen LogP contribution < -0.4 is 5.32 Å². The lowest BCUT2D eigenvalue weighted by Crippen LogP contribution is -2.11. The molecule has 108 valence electrons. The van der Waals surface area contributed by atoms with Crippen molar-refractivity contribution in [2.75, 3.05) is 12.4 Å². The smallest absolute Gasteiger partial charge is 0.411 e. The van der Waals surface area contributed by atoms with Gasteiger partial charge in [0, 0.05) is 16.7 Å². The summed E-state index contributed by atoms with van der Waals surface area (Å²) in [5.74, 6) is -0.631. The Bertz CT molecular complexity index is 698. The number of anilines is 1. The molecule has 2 aromatic carbocycles. The van der Waals surface area contributed by atoms with Gasteiger partial charge in [-0.15, -0.1) is 0 Å². The van der Waals surface area contributed by atoms with E-state index in [4.69, 9.17) is 0 Å². The van der Waals surface area contributed by atoms with Crippen LogP contribution >= 0.6 is 0 Å². The van der Waals surface area contributed by atoms with Gasteiger partial charge in [0.25, 0.3) is 0 Å². The van der Waals surface area contributed by atoms with Gasteiger partial charge >= 0.3 is 6.09 Å². The van der Waals surface area contributed by atoms with Gasteiger partial charge in [0.2, 0.25) is 0 Å². The Morgan fingerprint density at radius 2 is 1.81 bits per heavy atom. The standard InChI is InChI=1S/C16H14FNO3/c1-10(19)11-7-8-14(17)13(9-11)12-5-3-4-6-15(12)18-16(20)21-2/h3-9H,1-2H3,(H,18,20). The topological polar surface area (TPSA) is 55.4 Å². The number of halogens is 1. The zero-order valence-electron chi connectivity index (χ0n) is 11.6. The Labute approximate surface area is 121 Å². The predicted molar refractivity (Wildman–Crippen MR) is 77.9 cm³/mol. The quantitative estimate of drug-likeness (QED) is 0.872. The van der Waals surface area contributed by atoms with Crippen LogP contribution in [-0.4, -0.2) is 19.0 Å². The minimum atomic E-state index is -0.648. The average Bonchev–Trinajstić information content (AvgIpc) is 2.48. The number of methoxy groups -OCH3 is 1. The largest absolute Gasteiger partial charge is 0.453 e. The second-order valence-electron chi connectivity index (χ2n) is 4.41. The number of hydrogen-bond acceptors (Lipinski definition) is 3. The molecule has 0 bridgehead atoms. The van der Waals surface area contributed by atoms with Crippen molar-refractivity contribution in [3.05, 3.63) is 53.8 Å². The van der Waals surface area contributed by atoms with Crippen molar-refractivity contribution in [1.29, 1.82) is 0 Å². The highest BCUT2D eigenvalue weighted by Gasteiger charge is 2.13. The molecule has 2 rings (SSSR count). The molecule has 1 N–H and O–H groups in total. The first-order valence-corrected chi connectivity index (χ1v) is 6.27. The fraction of sp³-hybridized carbons (Fsp3) is 0.125. The predicted octanol–water partition coefficient (Wildman–Crippen LogP) is 3.87. The van der Waals surface area contributed by atoms with E-state index in [1.54, 1.807) is 24.3 Å². The number of carbonyl (C=O) groups excluding carboxylic acids is 2. The van der Waals surface area contributed by atoms with Gasteiger partial charge in [-0.1, -0.05) is 18.2 Å². The molecule has 0 saturated carbocycles. The van der Waals surface area contributed by atoms with Gasteiger partial charge in [0.1, 0.15) is 5.82 Å². The zero-order valence-corrected chi connectivity index (χ0v) is 11.6. The molecule has 1 amide bonds. The van der Waals surface area contributed by atoms with E-state index in [2.05, 4.69) is 10.1 Å². The molecular weight excluding hydrogens is 273 g/mol. The van der Waals surface area contributed by atoms with Gasteiger partial charge in [-0.05, 0) is 31.2 Å². The Hall–Kier alpha value is -2.69. The number of ether oxygens (including phenoxy) is 1. The highest BCUT2D eigenvalue weighted by atomic mass is 19.1. The molecule has 0 atom stereocenters. The van der Waals surface area contributed by atoms with E-state index in [0.717, 1.165) is 0 Å². The van der Waals surface area contributed by atoms with Crippen molar-refractivity contribution in [2.45, 2.75) is 6.92 Å². The van der Waals surface area contributed by atoms with Gasteiger partial charge < -0.3 is 4.74 Å². The summed E-state index contributed by atoms with van der Waals surface area (Å²) in [5.41, 5.74) is 1.53. The SMILES string of the molecule is COC(=O)Nc1ccccc1-c1cc(C(C)=O)ccc1F. The van der Waals surface area contributed by atoms with Crippen molar-refractivity contribution in [3.8, 4) is 11.1 Å². The molecule has 0 aliphatic rings. The van der Waals surface area contributed by atoms with Crippen molar-refractivity contribution in [3.63, 3.8) is 0 Å². The molecule has 0 unspecified atom stereocenters. The monoisotopic (exact) mass is 287 g/mol. The number of para-hydroxylation sites is 1. The van der Waals surface area contributed by atoms with Crippen molar-refractivity contribution in [2.24, 2.45) is 0 Å². The molecule has 2 aromatic rings. The fourth-order valence-electron chi connectivity index (χ4n) is 1.94. The van der Waals surface area contributed by atoms with E-state index >= 15 is 0 Å². The zero-order chi connectivity index (χ0) is 15.4. The van der Waals surface area contributed by atoms with Crippen LogP contribution in [0.5, 0.6) is 0 Å². The highest BCUT2D eigenvalue weighted by Crippen LogP contribution is 2.31. The summed E-state index contributed by atoms with van der Waals surface area (Å²) in [7, 11) is 1.24. The van der Waals surface area contributed by atoms with Crippen LogP contribution in [0.4, 0.5) is 14.9 Å². The molecule has 0 spiro atoms. The summed E-state index contributed by atoms with van der Waals surface area (Å²) in [4.78, 5) is 22.8. The van der Waals surface area contributed by atoms with Crippen LogP contribution in [0.1, 0.15) is 17.3 Å². The maximum Gasteiger partial charge on any atom is 0.411 e. The number of hydrogen-bond donors (Lipinski definition) is 1. The fourth-order valence-corrected chi connectivity index (χ4v) is 1.94. The number of carbonyl (C=O) groups is 2. The Kier molecular flexibility index (Phi) is 4.33. The Morgan fingerprint density at radius 1 is 1.10 bits per heavy atom.